The summed E-state index contributed by atoms with van der Waals surface area (Å²) in [6.07, 6.45) is -0.407. The van der Waals surface area contributed by atoms with E-state index in [0.717, 1.165) is 0 Å². The number of rotatable bonds is 5. The Labute approximate surface area is 71.8 Å². The Kier molecular flexibility index (Phi) is 4.20. The lowest BCUT2D eigenvalue weighted by Gasteiger charge is -2.21. The molecular formula is C8H16O4. The largest absolute Gasteiger partial charge is 0.479 e. The summed E-state index contributed by atoms with van der Waals surface area (Å²) in [5, 5.41) is 26.6. The van der Waals surface area contributed by atoms with Crippen LogP contribution in [0.25, 0.3) is 0 Å². The molecule has 0 aromatic heterocycles. The molecule has 0 aliphatic carbocycles. The van der Waals surface area contributed by atoms with Crippen LogP contribution in [0, 0.1) is 0 Å². The van der Waals surface area contributed by atoms with Gasteiger partial charge >= 0.3 is 5.97 Å². The smallest absolute Gasteiger partial charge is 0.332 e. The van der Waals surface area contributed by atoms with Crippen molar-refractivity contribution in [1.82, 2.24) is 0 Å². The molecule has 0 heterocycles. The summed E-state index contributed by atoms with van der Waals surface area (Å²) < 4.78 is 0. The molecule has 72 valence electrons. The molecule has 3 N–H and O–H groups in total. The molecule has 0 spiro atoms. The van der Waals surface area contributed by atoms with Gasteiger partial charge in [-0.05, 0) is 26.2 Å². The minimum atomic E-state index is -1.36. The van der Waals surface area contributed by atoms with Crippen molar-refractivity contribution in [2.45, 2.75) is 44.8 Å². The Bertz CT molecular complexity index is 153. The zero-order valence-corrected chi connectivity index (χ0v) is 7.45. The highest BCUT2D eigenvalue weighted by atomic mass is 16.4. The molecule has 12 heavy (non-hydrogen) atoms. The van der Waals surface area contributed by atoms with E-state index in [4.69, 9.17) is 10.2 Å². The van der Waals surface area contributed by atoms with Crippen LogP contribution in [-0.2, 0) is 4.79 Å². The van der Waals surface area contributed by atoms with Gasteiger partial charge in [0, 0.05) is 0 Å². The highest BCUT2D eigenvalue weighted by molar-refractivity contribution is 5.71. The zero-order valence-electron chi connectivity index (χ0n) is 7.45. The van der Waals surface area contributed by atoms with Gasteiger partial charge in [0.25, 0.3) is 0 Å². The molecule has 0 aliphatic heterocycles. The first-order valence-corrected chi connectivity index (χ1v) is 4.02. The molecule has 0 saturated heterocycles. The van der Waals surface area contributed by atoms with Crippen LogP contribution in [-0.4, -0.2) is 33.0 Å². The number of hydrogen-bond donors (Lipinski definition) is 3. The Hall–Kier alpha value is -0.610. The van der Waals surface area contributed by atoms with Gasteiger partial charge in [0.2, 0.25) is 0 Å². The van der Waals surface area contributed by atoms with Crippen LogP contribution in [0.15, 0.2) is 0 Å². The van der Waals surface area contributed by atoms with Gasteiger partial charge in [0.05, 0.1) is 5.60 Å². The minimum absolute atomic E-state index is 0.0934. The first-order valence-electron chi connectivity index (χ1n) is 4.02. The van der Waals surface area contributed by atoms with Crippen LogP contribution >= 0.6 is 0 Å². The summed E-state index contributed by atoms with van der Waals surface area (Å²) in [6.45, 7) is 3.44. The third kappa shape index (κ3) is 4.31. The number of aliphatic hydroxyl groups excluding tert-OH is 1. The van der Waals surface area contributed by atoms with E-state index in [9.17, 15) is 9.90 Å². The first kappa shape index (κ1) is 11.4. The van der Waals surface area contributed by atoms with Crippen LogP contribution < -0.4 is 0 Å². The quantitative estimate of drug-likeness (QED) is 0.565. The van der Waals surface area contributed by atoms with Crippen molar-refractivity contribution in [3.8, 4) is 0 Å². The van der Waals surface area contributed by atoms with Crippen molar-refractivity contribution >= 4 is 5.97 Å². The first-order chi connectivity index (χ1) is 5.39. The lowest BCUT2D eigenvalue weighted by molar-refractivity contribution is -0.147. The van der Waals surface area contributed by atoms with Crippen LogP contribution in [0.3, 0.4) is 0 Å². The molecule has 4 nitrogen and oxygen atoms in total. The van der Waals surface area contributed by atoms with Gasteiger partial charge in [-0.25, -0.2) is 4.79 Å². The number of carboxylic acids is 1. The maximum absolute atomic E-state index is 10.2. The number of aliphatic carboxylic acids is 1. The number of aliphatic hydroxyl groups is 2. The highest BCUT2D eigenvalue weighted by Crippen LogP contribution is 2.16. The lowest BCUT2D eigenvalue weighted by atomic mass is 9.95. The van der Waals surface area contributed by atoms with Crippen LogP contribution in [0.5, 0.6) is 0 Å². The molecule has 0 aromatic rings. The molecule has 0 aromatic carbocycles. The van der Waals surface area contributed by atoms with E-state index in [1.54, 1.807) is 6.92 Å². The monoisotopic (exact) mass is 176 g/mol. The minimum Gasteiger partial charge on any atom is -0.479 e. The summed E-state index contributed by atoms with van der Waals surface area (Å²) in [7, 11) is 0. The molecule has 0 bridgehead atoms. The Morgan fingerprint density at radius 1 is 1.58 bits per heavy atom. The summed E-state index contributed by atoms with van der Waals surface area (Å²) in [5.74, 6) is -1.23. The molecule has 1 unspecified atom stereocenters. The van der Waals surface area contributed by atoms with E-state index in [1.165, 1.54) is 0 Å². The van der Waals surface area contributed by atoms with E-state index < -0.39 is 17.7 Å². The van der Waals surface area contributed by atoms with Gasteiger partial charge in [0.1, 0.15) is 0 Å². The Balaban J connectivity index is 3.75. The molecule has 0 fully saturated rings. The van der Waals surface area contributed by atoms with Gasteiger partial charge in [-0.1, -0.05) is 6.92 Å². The normalized spacial score (nSPS) is 18.3. The highest BCUT2D eigenvalue weighted by Gasteiger charge is 2.21. The van der Waals surface area contributed by atoms with Gasteiger partial charge in [-0.3, -0.25) is 0 Å². The second-order valence-electron chi connectivity index (χ2n) is 3.24. The second-order valence-corrected chi connectivity index (χ2v) is 3.24. The molecule has 0 amide bonds. The van der Waals surface area contributed by atoms with E-state index in [1.807, 2.05) is 6.92 Å². The predicted octanol–water partition coefficient (Wildman–Crippen LogP) is 0.373. The number of carbonyl (C=O) groups is 1. The van der Waals surface area contributed by atoms with E-state index in [0.29, 0.717) is 12.8 Å². The molecule has 0 saturated carbocycles. The topological polar surface area (TPSA) is 77.8 Å². The van der Waals surface area contributed by atoms with Crippen molar-refractivity contribution in [1.29, 1.82) is 0 Å². The van der Waals surface area contributed by atoms with Crippen LogP contribution in [0.4, 0.5) is 0 Å². The zero-order chi connectivity index (χ0) is 9.78. The summed E-state index contributed by atoms with van der Waals surface area (Å²) in [6, 6.07) is 0. The molecule has 0 aliphatic rings. The van der Waals surface area contributed by atoms with Gasteiger partial charge in [-0.2, -0.15) is 0 Å². The summed E-state index contributed by atoms with van der Waals surface area (Å²) >= 11 is 0. The third-order valence-corrected chi connectivity index (χ3v) is 2.00. The van der Waals surface area contributed by atoms with E-state index in [-0.39, 0.29) is 6.42 Å². The Morgan fingerprint density at radius 3 is 2.42 bits per heavy atom. The number of hydrogen-bond acceptors (Lipinski definition) is 3. The van der Waals surface area contributed by atoms with Crippen molar-refractivity contribution in [3.63, 3.8) is 0 Å². The van der Waals surface area contributed by atoms with Crippen molar-refractivity contribution in [3.05, 3.63) is 0 Å². The SMILES string of the molecule is CC[C@](C)(O)CCC(O)C(=O)O. The third-order valence-electron chi connectivity index (χ3n) is 2.00. The molecular weight excluding hydrogens is 160 g/mol. The maximum Gasteiger partial charge on any atom is 0.332 e. The fourth-order valence-electron chi connectivity index (χ4n) is 0.748. The molecule has 4 heteroatoms. The van der Waals surface area contributed by atoms with Crippen molar-refractivity contribution in [2.24, 2.45) is 0 Å². The maximum atomic E-state index is 10.2. The molecule has 0 rings (SSSR count). The molecule has 0 radical (unpaired) electrons. The fraction of sp³-hybridized carbons (Fsp3) is 0.875. The van der Waals surface area contributed by atoms with E-state index >= 15 is 0 Å². The molecule has 2 atom stereocenters. The average molecular weight is 176 g/mol. The Morgan fingerprint density at radius 2 is 2.08 bits per heavy atom. The van der Waals surface area contributed by atoms with Gasteiger partial charge < -0.3 is 15.3 Å². The summed E-state index contributed by atoms with van der Waals surface area (Å²) in [5.41, 5.74) is -0.865. The van der Waals surface area contributed by atoms with Crippen molar-refractivity contribution in [2.75, 3.05) is 0 Å². The predicted molar refractivity (Wildman–Crippen MR) is 43.8 cm³/mol. The number of carboxylic acid groups (broad SMARTS) is 1. The fourth-order valence-corrected chi connectivity index (χ4v) is 0.748. The lowest BCUT2D eigenvalue weighted by Crippen LogP contribution is -2.27. The second kappa shape index (κ2) is 4.42. The van der Waals surface area contributed by atoms with Gasteiger partial charge in [0.15, 0.2) is 6.10 Å². The van der Waals surface area contributed by atoms with Crippen LogP contribution in [0.2, 0.25) is 0 Å². The average Bonchev–Trinajstić information content (AvgIpc) is 2.00. The standard InChI is InChI=1S/C8H16O4/c1-3-8(2,12)5-4-6(9)7(10)11/h6,9,12H,3-5H2,1-2H3,(H,10,11)/t6?,8-/m0/s1. The van der Waals surface area contributed by atoms with Gasteiger partial charge in [-0.15, -0.1) is 0 Å². The van der Waals surface area contributed by atoms with E-state index in [2.05, 4.69) is 0 Å². The van der Waals surface area contributed by atoms with Crippen LogP contribution in [0.1, 0.15) is 33.1 Å². The van der Waals surface area contributed by atoms with Crippen molar-refractivity contribution < 1.29 is 20.1 Å². The summed E-state index contributed by atoms with van der Waals surface area (Å²) in [4.78, 5) is 10.2.